The van der Waals surface area contributed by atoms with Crippen LogP contribution in [0.25, 0.3) is 6.08 Å². The smallest absolute Gasteiger partial charge is 0.332 e. The van der Waals surface area contributed by atoms with E-state index in [2.05, 4.69) is 0 Å². The predicted octanol–water partition coefficient (Wildman–Crippen LogP) is 1.11. The summed E-state index contributed by atoms with van der Waals surface area (Å²) in [5.74, 6) is -0.966. The van der Waals surface area contributed by atoms with Crippen LogP contribution in [0.1, 0.15) is 5.56 Å². The Balaban J connectivity index is 2.92. The fraction of sp³-hybridized carbons (Fsp3) is 0.100. The van der Waals surface area contributed by atoms with Crippen LogP contribution in [0.4, 0.5) is 0 Å². The summed E-state index contributed by atoms with van der Waals surface area (Å²) in [7, 11) is 0. The molecule has 0 radical (unpaired) electrons. The molecular formula is C10H11NO2. The van der Waals surface area contributed by atoms with Crippen LogP contribution in [0.15, 0.2) is 35.9 Å². The molecule has 3 heteroatoms. The Hall–Kier alpha value is -1.61. The molecule has 0 aliphatic heterocycles. The second-order valence-electron chi connectivity index (χ2n) is 2.59. The van der Waals surface area contributed by atoms with E-state index in [1.165, 1.54) is 0 Å². The average molecular weight is 177 g/mol. The van der Waals surface area contributed by atoms with Crippen LogP contribution in [0.3, 0.4) is 0 Å². The van der Waals surface area contributed by atoms with Crippen molar-refractivity contribution in [2.75, 3.05) is 6.54 Å². The van der Waals surface area contributed by atoms with Gasteiger partial charge in [0.2, 0.25) is 0 Å². The van der Waals surface area contributed by atoms with Crippen molar-refractivity contribution in [2.24, 2.45) is 5.73 Å². The third-order valence-electron chi connectivity index (χ3n) is 1.64. The zero-order valence-corrected chi connectivity index (χ0v) is 7.10. The van der Waals surface area contributed by atoms with E-state index in [9.17, 15) is 4.79 Å². The zero-order chi connectivity index (χ0) is 9.68. The summed E-state index contributed by atoms with van der Waals surface area (Å²) >= 11 is 0. The molecule has 13 heavy (non-hydrogen) atoms. The molecule has 0 aliphatic carbocycles. The van der Waals surface area contributed by atoms with Gasteiger partial charge in [0, 0.05) is 6.54 Å². The van der Waals surface area contributed by atoms with E-state index in [0.717, 1.165) is 5.56 Å². The number of benzene rings is 1. The van der Waals surface area contributed by atoms with Crippen molar-refractivity contribution in [1.82, 2.24) is 0 Å². The summed E-state index contributed by atoms with van der Waals surface area (Å²) < 4.78 is 0. The van der Waals surface area contributed by atoms with Gasteiger partial charge in [-0.25, -0.2) is 4.79 Å². The zero-order valence-electron chi connectivity index (χ0n) is 7.10. The van der Waals surface area contributed by atoms with E-state index >= 15 is 0 Å². The summed E-state index contributed by atoms with van der Waals surface area (Å²) in [5.41, 5.74) is 6.34. The molecule has 3 nitrogen and oxygen atoms in total. The highest BCUT2D eigenvalue weighted by Gasteiger charge is 2.03. The molecule has 0 amide bonds. The number of hydrogen-bond acceptors (Lipinski definition) is 2. The molecule has 0 spiro atoms. The molecule has 0 aromatic heterocycles. The fourth-order valence-corrected chi connectivity index (χ4v) is 0.958. The van der Waals surface area contributed by atoms with Gasteiger partial charge >= 0.3 is 5.97 Å². The first-order valence-corrected chi connectivity index (χ1v) is 3.93. The van der Waals surface area contributed by atoms with Crippen molar-refractivity contribution in [3.05, 3.63) is 41.5 Å². The maximum Gasteiger partial charge on any atom is 0.332 e. The van der Waals surface area contributed by atoms with Gasteiger partial charge < -0.3 is 10.8 Å². The highest BCUT2D eigenvalue weighted by Crippen LogP contribution is 2.05. The van der Waals surface area contributed by atoms with Crippen LogP contribution in [-0.2, 0) is 4.79 Å². The molecule has 0 fully saturated rings. The van der Waals surface area contributed by atoms with Gasteiger partial charge in [-0.05, 0) is 11.6 Å². The molecule has 0 bridgehead atoms. The molecule has 0 atom stereocenters. The molecule has 0 unspecified atom stereocenters. The van der Waals surface area contributed by atoms with Crippen molar-refractivity contribution in [3.63, 3.8) is 0 Å². The highest BCUT2D eigenvalue weighted by atomic mass is 16.4. The predicted molar refractivity (Wildman–Crippen MR) is 51.1 cm³/mol. The van der Waals surface area contributed by atoms with Gasteiger partial charge in [0.1, 0.15) is 0 Å². The van der Waals surface area contributed by atoms with E-state index in [-0.39, 0.29) is 12.1 Å². The minimum absolute atomic E-state index is 0.0459. The van der Waals surface area contributed by atoms with Gasteiger partial charge in [0.15, 0.2) is 0 Å². The third kappa shape index (κ3) is 2.72. The molecular weight excluding hydrogens is 166 g/mol. The normalized spacial score (nSPS) is 11.3. The summed E-state index contributed by atoms with van der Waals surface area (Å²) in [6, 6.07) is 9.24. The summed E-state index contributed by atoms with van der Waals surface area (Å²) in [6.07, 6.45) is 1.57. The van der Waals surface area contributed by atoms with Crippen LogP contribution in [-0.4, -0.2) is 17.6 Å². The lowest BCUT2D eigenvalue weighted by molar-refractivity contribution is -0.132. The van der Waals surface area contributed by atoms with Crippen molar-refractivity contribution in [1.29, 1.82) is 0 Å². The van der Waals surface area contributed by atoms with Gasteiger partial charge in [0.05, 0.1) is 5.57 Å². The Morgan fingerprint density at radius 1 is 1.38 bits per heavy atom. The molecule has 0 heterocycles. The van der Waals surface area contributed by atoms with E-state index in [1.54, 1.807) is 6.08 Å². The van der Waals surface area contributed by atoms with E-state index in [4.69, 9.17) is 10.8 Å². The number of rotatable bonds is 3. The minimum Gasteiger partial charge on any atom is -0.478 e. The largest absolute Gasteiger partial charge is 0.478 e. The highest BCUT2D eigenvalue weighted by molar-refractivity contribution is 5.92. The van der Waals surface area contributed by atoms with Gasteiger partial charge in [-0.2, -0.15) is 0 Å². The lowest BCUT2D eigenvalue weighted by Crippen LogP contribution is -2.11. The molecule has 0 saturated carbocycles. The van der Waals surface area contributed by atoms with Crippen LogP contribution in [0.5, 0.6) is 0 Å². The van der Waals surface area contributed by atoms with Crippen molar-refractivity contribution in [2.45, 2.75) is 0 Å². The first-order chi connectivity index (χ1) is 6.24. The number of carboxylic acid groups (broad SMARTS) is 1. The van der Waals surface area contributed by atoms with Gasteiger partial charge in [-0.3, -0.25) is 0 Å². The standard InChI is InChI=1S/C10H11NO2/c11-7-9(10(12)13)6-8-4-2-1-3-5-8/h1-6H,7,11H2,(H,12,13)/b9-6+. The third-order valence-corrected chi connectivity index (χ3v) is 1.64. The number of carboxylic acids is 1. The van der Waals surface area contributed by atoms with Crippen molar-refractivity contribution >= 4 is 12.0 Å². The minimum atomic E-state index is -0.966. The van der Waals surface area contributed by atoms with Crippen LogP contribution in [0.2, 0.25) is 0 Å². The van der Waals surface area contributed by atoms with E-state index in [0.29, 0.717) is 0 Å². The molecule has 1 rings (SSSR count). The molecule has 0 saturated heterocycles. The quantitative estimate of drug-likeness (QED) is 0.680. The number of aliphatic carboxylic acids is 1. The van der Waals surface area contributed by atoms with Crippen molar-refractivity contribution in [3.8, 4) is 0 Å². The summed E-state index contributed by atoms with van der Waals surface area (Å²) in [5, 5.41) is 8.69. The first-order valence-electron chi connectivity index (χ1n) is 3.93. The lowest BCUT2D eigenvalue weighted by atomic mass is 10.1. The molecule has 1 aromatic carbocycles. The maximum atomic E-state index is 10.6. The summed E-state index contributed by atoms with van der Waals surface area (Å²) in [6.45, 7) is 0.0459. The Morgan fingerprint density at radius 2 is 2.00 bits per heavy atom. The Kier molecular flexibility index (Phi) is 3.23. The molecule has 68 valence electrons. The van der Waals surface area contributed by atoms with Gasteiger partial charge in [0.25, 0.3) is 0 Å². The van der Waals surface area contributed by atoms with Gasteiger partial charge in [-0.15, -0.1) is 0 Å². The van der Waals surface area contributed by atoms with Crippen LogP contribution >= 0.6 is 0 Å². The fourth-order valence-electron chi connectivity index (χ4n) is 0.958. The lowest BCUT2D eigenvalue weighted by Gasteiger charge is -1.97. The molecule has 0 aliphatic rings. The average Bonchev–Trinajstić information content (AvgIpc) is 2.15. The second-order valence-corrected chi connectivity index (χ2v) is 2.59. The van der Waals surface area contributed by atoms with Crippen LogP contribution in [0, 0.1) is 0 Å². The Bertz CT molecular complexity index is 317. The number of hydrogen-bond donors (Lipinski definition) is 2. The number of carbonyl (C=O) groups is 1. The Morgan fingerprint density at radius 3 is 2.46 bits per heavy atom. The van der Waals surface area contributed by atoms with Gasteiger partial charge in [-0.1, -0.05) is 30.3 Å². The topological polar surface area (TPSA) is 63.3 Å². The SMILES string of the molecule is NC/C(=C\c1ccccc1)C(=O)O. The Labute approximate surface area is 76.5 Å². The second kappa shape index (κ2) is 4.42. The van der Waals surface area contributed by atoms with E-state index in [1.807, 2.05) is 30.3 Å². The van der Waals surface area contributed by atoms with Crippen molar-refractivity contribution < 1.29 is 9.90 Å². The van der Waals surface area contributed by atoms with E-state index < -0.39 is 5.97 Å². The van der Waals surface area contributed by atoms with Crippen LogP contribution < -0.4 is 5.73 Å². The molecule has 3 N–H and O–H groups in total. The monoisotopic (exact) mass is 177 g/mol. The number of nitrogens with two attached hydrogens (primary N) is 1. The summed E-state index contributed by atoms with van der Waals surface area (Å²) in [4.78, 5) is 10.6. The first kappa shape index (κ1) is 9.48. The molecule has 1 aromatic rings. The maximum absolute atomic E-state index is 10.6.